The second-order valence-corrected chi connectivity index (χ2v) is 11.4. The van der Waals surface area contributed by atoms with E-state index in [0.717, 1.165) is 5.69 Å². The monoisotopic (exact) mass is 554 g/mol. The number of urea groups is 1. The molecule has 2 saturated heterocycles. The van der Waals surface area contributed by atoms with Gasteiger partial charge in [-0.25, -0.2) is 19.7 Å². The highest BCUT2D eigenvalue weighted by Crippen LogP contribution is 2.33. The first-order valence-electron chi connectivity index (χ1n) is 13.5. The Morgan fingerprint density at radius 3 is 2.58 bits per heavy atom. The first-order valence-corrected chi connectivity index (χ1v) is 13.5. The third-order valence-corrected chi connectivity index (χ3v) is 7.47. The van der Waals surface area contributed by atoms with Crippen LogP contribution >= 0.6 is 0 Å². The lowest BCUT2D eigenvalue weighted by Crippen LogP contribution is -2.53. The topological polar surface area (TPSA) is 173 Å². The lowest BCUT2D eigenvalue weighted by atomic mass is 9.87. The number of rotatable bonds is 9. The van der Waals surface area contributed by atoms with Crippen molar-refractivity contribution in [3.05, 3.63) is 42.5 Å². The first kappa shape index (κ1) is 28.2. The molecule has 2 aromatic heterocycles. The molecule has 0 spiro atoms. The summed E-state index contributed by atoms with van der Waals surface area (Å²) in [6.45, 7) is 9.11. The number of nitrogens with zero attached hydrogens (tertiary/aromatic N) is 5. The molecule has 0 unspecified atom stereocenters. The van der Waals surface area contributed by atoms with Gasteiger partial charge in [0.25, 0.3) is 0 Å². The van der Waals surface area contributed by atoms with Crippen molar-refractivity contribution in [3.63, 3.8) is 0 Å². The number of nitrogens with one attached hydrogen (secondary N) is 2. The Labute approximate surface area is 232 Å². The van der Waals surface area contributed by atoms with Crippen LogP contribution in [0.5, 0.6) is 0 Å². The molecule has 216 valence electrons. The van der Waals surface area contributed by atoms with E-state index in [4.69, 9.17) is 15.2 Å². The molecule has 2 amide bonds. The van der Waals surface area contributed by atoms with Gasteiger partial charge in [0.2, 0.25) is 0 Å². The maximum Gasteiger partial charge on any atom is 0.319 e. The Hall–Kier alpha value is -3.36. The quantitative estimate of drug-likeness (QED) is 0.242. The van der Waals surface area contributed by atoms with Crippen LogP contribution < -0.4 is 16.4 Å². The molecule has 0 aliphatic carbocycles. The number of hydrogen-bond acceptors (Lipinski definition) is 10. The van der Waals surface area contributed by atoms with Crippen molar-refractivity contribution in [3.8, 4) is 0 Å². The summed E-state index contributed by atoms with van der Waals surface area (Å²) in [6.07, 6.45) is -0.332. The number of anilines is 2. The molecule has 13 nitrogen and oxygen atoms in total. The van der Waals surface area contributed by atoms with Crippen LogP contribution in [0, 0.1) is 0 Å². The second kappa shape index (κ2) is 11.6. The maximum atomic E-state index is 12.4. The summed E-state index contributed by atoms with van der Waals surface area (Å²) in [5.41, 5.74) is 8.69. The number of nitrogen functional groups attached to an aromatic ring is 1. The maximum absolute atomic E-state index is 12.4. The molecule has 2 aliphatic heterocycles. The van der Waals surface area contributed by atoms with Gasteiger partial charge in [-0.2, -0.15) is 0 Å². The molecule has 6 N–H and O–H groups in total. The Morgan fingerprint density at radius 1 is 1.15 bits per heavy atom. The van der Waals surface area contributed by atoms with Gasteiger partial charge in [-0.3, -0.25) is 9.47 Å². The number of fused-ring (bicyclic) bond motifs is 1. The van der Waals surface area contributed by atoms with Crippen molar-refractivity contribution in [1.29, 1.82) is 0 Å². The molecule has 4 atom stereocenters. The standard InChI is InChI=1S/C27H38N8O5/c1-27(2,3)16-5-7-17(8-6-16)33-26(38)29-9-4-10-34(18-12-39-13-18)11-19-21(36)22(37)25(40-19)35-15-32-20-23(28)30-14-31-24(20)35/h5-8,14-15,18-19,21-22,25,36-37H,4,9-13H2,1-3H3,(H2,28,30,31)(H2,29,33,38)/t19-,21-,22-,25-/m1/s1. The van der Waals surface area contributed by atoms with E-state index in [1.54, 1.807) is 4.57 Å². The van der Waals surface area contributed by atoms with Gasteiger partial charge >= 0.3 is 6.03 Å². The number of aromatic nitrogens is 4. The fraction of sp³-hybridized carbons (Fsp3) is 0.556. The van der Waals surface area contributed by atoms with Gasteiger partial charge < -0.3 is 36.1 Å². The van der Waals surface area contributed by atoms with Crippen LogP contribution in [0.25, 0.3) is 11.2 Å². The number of carbonyl (C=O) groups excluding carboxylic acids is 1. The van der Waals surface area contributed by atoms with Gasteiger partial charge in [-0.15, -0.1) is 0 Å². The predicted octanol–water partition coefficient (Wildman–Crippen LogP) is 1.24. The molecule has 1 aromatic carbocycles. The van der Waals surface area contributed by atoms with Crippen LogP contribution in [-0.2, 0) is 14.9 Å². The summed E-state index contributed by atoms with van der Waals surface area (Å²) in [4.78, 5) is 27.0. The van der Waals surface area contributed by atoms with E-state index in [1.807, 2.05) is 24.3 Å². The summed E-state index contributed by atoms with van der Waals surface area (Å²) in [5.74, 6) is 0.227. The zero-order chi connectivity index (χ0) is 28.4. The molecule has 13 heteroatoms. The summed E-state index contributed by atoms with van der Waals surface area (Å²) in [6, 6.07) is 7.76. The minimum atomic E-state index is -1.18. The van der Waals surface area contributed by atoms with E-state index in [0.29, 0.717) is 50.4 Å². The molecular weight excluding hydrogens is 516 g/mol. The zero-order valence-electron chi connectivity index (χ0n) is 23.0. The van der Waals surface area contributed by atoms with Crippen molar-refractivity contribution in [2.75, 3.05) is 43.9 Å². The number of nitrogens with two attached hydrogens (primary N) is 1. The Bertz CT molecular complexity index is 1310. The molecule has 2 aliphatic rings. The third-order valence-electron chi connectivity index (χ3n) is 7.47. The highest BCUT2D eigenvalue weighted by Gasteiger charge is 2.45. The van der Waals surface area contributed by atoms with Crippen molar-refractivity contribution < 1.29 is 24.5 Å². The smallest absolute Gasteiger partial charge is 0.319 e. The summed E-state index contributed by atoms with van der Waals surface area (Å²) in [5, 5.41) is 27.4. The second-order valence-electron chi connectivity index (χ2n) is 11.4. The molecule has 0 saturated carbocycles. The van der Waals surface area contributed by atoms with Crippen LogP contribution in [0.15, 0.2) is 36.9 Å². The average molecular weight is 555 g/mol. The van der Waals surface area contributed by atoms with E-state index >= 15 is 0 Å². The van der Waals surface area contributed by atoms with Gasteiger partial charge in [-0.05, 0) is 29.5 Å². The van der Waals surface area contributed by atoms with Gasteiger partial charge in [-0.1, -0.05) is 32.9 Å². The van der Waals surface area contributed by atoms with E-state index in [2.05, 4.69) is 51.3 Å². The third kappa shape index (κ3) is 6.03. The number of hydrogen-bond donors (Lipinski definition) is 5. The molecule has 40 heavy (non-hydrogen) atoms. The highest BCUT2D eigenvalue weighted by molar-refractivity contribution is 5.89. The Kier molecular flexibility index (Phi) is 8.19. The average Bonchev–Trinajstić information content (AvgIpc) is 3.42. The number of imidazole rings is 1. The molecule has 5 rings (SSSR count). The molecule has 3 aromatic rings. The number of benzene rings is 1. The van der Waals surface area contributed by atoms with Gasteiger partial charge in [0.1, 0.15) is 30.2 Å². The lowest BCUT2D eigenvalue weighted by molar-refractivity contribution is -0.0944. The normalized spacial score (nSPS) is 23.4. The SMILES string of the molecule is CC(C)(C)c1ccc(NC(=O)NCCCN(C[C@H]2O[C@@H](n3cnc4c(N)ncnc43)[C@H](O)[C@@H]2O)C2COC2)cc1. The largest absolute Gasteiger partial charge is 0.387 e. The highest BCUT2D eigenvalue weighted by atomic mass is 16.6. The van der Waals surface area contributed by atoms with Crippen molar-refractivity contribution in [1.82, 2.24) is 29.7 Å². The number of ether oxygens (including phenoxy) is 2. The van der Waals surface area contributed by atoms with Gasteiger partial charge in [0, 0.05) is 25.3 Å². The van der Waals surface area contributed by atoms with E-state index in [9.17, 15) is 15.0 Å². The first-order chi connectivity index (χ1) is 19.1. The van der Waals surface area contributed by atoms with Crippen LogP contribution in [-0.4, -0.2) is 97.9 Å². The molecule has 0 bridgehead atoms. The number of aliphatic hydroxyl groups excluding tert-OH is 2. The van der Waals surface area contributed by atoms with Crippen LogP contribution in [0.4, 0.5) is 16.3 Å². The molecule has 4 heterocycles. The van der Waals surface area contributed by atoms with Crippen molar-refractivity contribution >= 4 is 28.7 Å². The van der Waals surface area contributed by atoms with E-state index in [1.165, 1.54) is 18.2 Å². The van der Waals surface area contributed by atoms with Gasteiger partial charge in [0.15, 0.2) is 17.7 Å². The minimum absolute atomic E-state index is 0.0497. The van der Waals surface area contributed by atoms with Crippen molar-refractivity contribution in [2.45, 2.75) is 63.2 Å². The fourth-order valence-electron chi connectivity index (χ4n) is 4.97. The molecular formula is C27H38N8O5. The van der Waals surface area contributed by atoms with Crippen LogP contribution in [0.2, 0.25) is 0 Å². The number of amides is 2. The number of carbonyl (C=O) groups is 1. The van der Waals surface area contributed by atoms with Crippen molar-refractivity contribution in [2.24, 2.45) is 0 Å². The predicted molar refractivity (Wildman–Crippen MR) is 149 cm³/mol. The fourth-order valence-corrected chi connectivity index (χ4v) is 4.97. The molecule has 0 radical (unpaired) electrons. The van der Waals surface area contributed by atoms with E-state index < -0.39 is 24.5 Å². The van der Waals surface area contributed by atoms with E-state index in [-0.39, 0.29) is 23.3 Å². The van der Waals surface area contributed by atoms with Crippen LogP contribution in [0.1, 0.15) is 39.0 Å². The summed E-state index contributed by atoms with van der Waals surface area (Å²) >= 11 is 0. The van der Waals surface area contributed by atoms with Crippen LogP contribution in [0.3, 0.4) is 0 Å². The summed E-state index contributed by atoms with van der Waals surface area (Å²) in [7, 11) is 0. The summed E-state index contributed by atoms with van der Waals surface area (Å²) < 4.78 is 13.1. The lowest BCUT2D eigenvalue weighted by Gasteiger charge is -2.38. The number of aliphatic hydroxyl groups is 2. The Balaban J connectivity index is 1.13. The molecule has 2 fully saturated rings. The zero-order valence-corrected chi connectivity index (χ0v) is 23.0. The van der Waals surface area contributed by atoms with Gasteiger partial charge in [0.05, 0.1) is 25.6 Å². The minimum Gasteiger partial charge on any atom is -0.387 e. The Morgan fingerprint density at radius 2 is 1.90 bits per heavy atom.